The number of pyridine rings is 1. The van der Waals surface area contributed by atoms with Gasteiger partial charge in [0, 0.05) is 35.5 Å². The van der Waals surface area contributed by atoms with E-state index in [2.05, 4.69) is 130 Å². The number of rotatable bonds is 7. The maximum absolute atomic E-state index is 4.93. The highest BCUT2D eigenvalue weighted by Crippen LogP contribution is 2.46. The van der Waals surface area contributed by atoms with Crippen LogP contribution in [-0.2, 0) is 0 Å². The number of benzene rings is 5. The Labute approximate surface area is 260 Å². The molecule has 7 rings (SSSR count). The van der Waals surface area contributed by atoms with Crippen molar-refractivity contribution in [2.24, 2.45) is 4.99 Å². The Kier molecular flexibility index (Phi) is 7.66. The van der Waals surface area contributed by atoms with Gasteiger partial charge in [-0.05, 0) is 87.8 Å². The first-order valence-electron chi connectivity index (χ1n) is 15.9. The summed E-state index contributed by atoms with van der Waals surface area (Å²) in [5.41, 5.74) is 9.61. The van der Waals surface area contributed by atoms with Crippen LogP contribution in [0.4, 0.5) is 0 Å². The topological polar surface area (TPSA) is 25.2 Å². The summed E-state index contributed by atoms with van der Waals surface area (Å²) in [6.45, 7) is 7.36. The van der Waals surface area contributed by atoms with E-state index in [9.17, 15) is 0 Å². The Morgan fingerprint density at radius 3 is 2.00 bits per heavy atom. The zero-order valence-corrected chi connectivity index (χ0v) is 25.8. The van der Waals surface area contributed by atoms with E-state index in [-0.39, 0.29) is 0 Å². The van der Waals surface area contributed by atoms with Crippen molar-refractivity contribution >= 4 is 38.0 Å². The smallest absolute Gasteiger partial charge is 0.0798 e. The average molecular weight is 571 g/mol. The molecule has 0 saturated heterocycles. The first-order chi connectivity index (χ1) is 21.7. The highest BCUT2D eigenvalue weighted by atomic mass is 14.7. The molecule has 44 heavy (non-hydrogen) atoms. The lowest BCUT2D eigenvalue weighted by Gasteiger charge is -2.23. The van der Waals surface area contributed by atoms with E-state index in [0.717, 1.165) is 48.3 Å². The van der Waals surface area contributed by atoms with E-state index >= 15 is 0 Å². The van der Waals surface area contributed by atoms with Crippen LogP contribution in [0.3, 0.4) is 0 Å². The average Bonchev–Trinajstić information content (AvgIpc) is 3.07. The van der Waals surface area contributed by atoms with Crippen LogP contribution in [0.1, 0.15) is 57.1 Å². The summed E-state index contributed by atoms with van der Waals surface area (Å²) in [5.74, 6) is 0.353. The zero-order chi connectivity index (χ0) is 30.0. The van der Waals surface area contributed by atoms with Gasteiger partial charge in [0.25, 0.3) is 0 Å². The first-order valence-corrected chi connectivity index (χ1v) is 15.9. The summed E-state index contributed by atoms with van der Waals surface area (Å²) in [6.07, 6.45) is 12.2. The summed E-state index contributed by atoms with van der Waals surface area (Å²) in [5, 5.41) is 7.72. The van der Waals surface area contributed by atoms with Crippen LogP contribution in [0, 0.1) is 0 Å². The standard InChI is InChI=1S/C42H38N2/c1-4-5-26-43-29(3)31-19-12-27-44-42(31)39-25-24-38(32-13-6-7-14-33(32)39)41-36-17-10-8-15-34(36)40(30-22-20-28(2)21-23-30)35-16-9-11-18-37(35)41/h6-22,24-25,27,30H,4-5,23,26H2,1-3H3. The molecule has 1 aliphatic rings. The van der Waals surface area contributed by atoms with Gasteiger partial charge in [-0.15, -0.1) is 0 Å². The van der Waals surface area contributed by atoms with Crippen molar-refractivity contribution in [2.45, 2.75) is 46.0 Å². The van der Waals surface area contributed by atoms with Crippen molar-refractivity contribution < 1.29 is 0 Å². The molecule has 0 fully saturated rings. The van der Waals surface area contributed by atoms with Crippen LogP contribution in [0.2, 0.25) is 0 Å². The lowest BCUT2D eigenvalue weighted by atomic mass is 9.80. The van der Waals surface area contributed by atoms with Gasteiger partial charge in [-0.1, -0.05) is 122 Å². The van der Waals surface area contributed by atoms with Crippen LogP contribution in [0.15, 0.2) is 132 Å². The van der Waals surface area contributed by atoms with E-state index in [1.54, 1.807) is 0 Å². The number of fused-ring (bicyclic) bond motifs is 3. The fourth-order valence-corrected chi connectivity index (χ4v) is 6.92. The number of aliphatic imine (C=N–C) groups is 1. The second-order valence-corrected chi connectivity index (χ2v) is 12.0. The van der Waals surface area contributed by atoms with Crippen molar-refractivity contribution in [3.63, 3.8) is 0 Å². The highest BCUT2D eigenvalue weighted by molar-refractivity contribution is 6.20. The molecular weight excluding hydrogens is 532 g/mol. The Morgan fingerprint density at radius 1 is 0.750 bits per heavy atom. The molecule has 5 aromatic carbocycles. The molecule has 0 bridgehead atoms. The number of hydrogen-bond acceptors (Lipinski definition) is 2. The van der Waals surface area contributed by atoms with Crippen molar-refractivity contribution in [3.8, 4) is 22.4 Å². The zero-order valence-electron chi connectivity index (χ0n) is 25.8. The molecule has 0 spiro atoms. The molecule has 6 aromatic rings. The highest BCUT2D eigenvalue weighted by Gasteiger charge is 2.22. The van der Waals surface area contributed by atoms with Gasteiger partial charge >= 0.3 is 0 Å². The third-order valence-corrected chi connectivity index (χ3v) is 9.14. The van der Waals surface area contributed by atoms with E-state index in [1.807, 2.05) is 12.3 Å². The predicted molar refractivity (Wildman–Crippen MR) is 190 cm³/mol. The van der Waals surface area contributed by atoms with Crippen LogP contribution in [0.5, 0.6) is 0 Å². The Morgan fingerprint density at radius 2 is 1.36 bits per heavy atom. The Hall–Kier alpha value is -4.82. The minimum Gasteiger partial charge on any atom is -0.289 e. The third-order valence-electron chi connectivity index (χ3n) is 9.14. The molecule has 0 saturated carbocycles. The monoisotopic (exact) mass is 570 g/mol. The molecule has 0 N–H and O–H groups in total. The lowest BCUT2D eigenvalue weighted by Crippen LogP contribution is -2.03. The second kappa shape index (κ2) is 12.1. The predicted octanol–water partition coefficient (Wildman–Crippen LogP) is 11.5. The number of allylic oxidation sites excluding steroid dienone is 4. The maximum Gasteiger partial charge on any atom is 0.0798 e. The minimum absolute atomic E-state index is 0.353. The van der Waals surface area contributed by atoms with Gasteiger partial charge in [-0.25, -0.2) is 0 Å². The van der Waals surface area contributed by atoms with Gasteiger partial charge in [0.05, 0.1) is 5.69 Å². The summed E-state index contributed by atoms with van der Waals surface area (Å²) in [4.78, 5) is 9.83. The molecule has 1 aromatic heterocycles. The largest absolute Gasteiger partial charge is 0.289 e. The fourth-order valence-electron chi connectivity index (χ4n) is 6.92. The van der Waals surface area contributed by atoms with Crippen molar-refractivity contribution in [2.75, 3.05) is 6.54 Å². The third kappa shape index (κ3) is 4.95. The van der Waals surface area contributed by atoms with E-state index in [0.29, 0.717) is 5.92 Å². The number of nitrogens with zero attached hydrogens (tertiary/aromatic N) is 2. The molecule has 1 atom stereocenters. The number of hydrogen-bond donors (Lipinski definition) is 0. The number of unbranched alkanes of at least 4 members (excludes halogenated alkanes) is 1. The molecule has 2 nitrogen and oxygen atoms in total. The number of aromatic nitrogens is 1. The van der Waals surface area contributed by atoms with Crippen molar-refractivity contribution in [1.82, 2.24) is 4.98 Å². The Bertz CT molecular complexity index is 2050. The van der Waals surface area contributed by atoms with Gasteiger partial charge in [-0.2, -0.15) is 0 Å². The van der Waals surface area contributed by atoms with E-state index in [1.165, 1.54) is 54.6 Å². The van der Waals surface area contributed by atoms with Crippen molar-refractivity contribution in [3.05, 3.63) is 138 Å². The summed E-state index contributed by atoms with van der Waals surface area (Å²) >= 11 is 0. The summed E-state index contributed by atoms with van der Waals surface area (Å²) in [7, 11) is 0. The second-order valence-electron chi connectivity index (χ2n) is 12.0. The van der Waals surface area contributed by atoms with Crippen LogP contribution in [-0.4, -0.2) is 17.2 Å². The van der Waals surface area contributed by atoms with Crippen LogP contribution >= 0.6 is 0 Å². The Balaban J connectivity index is 1.48. The minimum atomic E-state index is 0.353. The summed E-state index contributed by atoms with van der Waals surface area (Å²) in [6, 6.07) is 35.6. The molecule has 0 aliphatic heterocycles. The molecule has 216 valence electrons. The van der Waals surface area contributed by atoms with E-state index in [4.69, 9.17) is 9.98 Å². The van der Waals surface area contributed by atoms with Gasteiger partial charge in [0.1, 0.15) is 0 Å². The van der Waals surface area contributed by atoms with Crippen LogP contribution in [0.25, 0.3) is 54.7 Å². The van der Waals surface area contributed by atoms with E-state index < -0.39 is 0 Å². The normalized spacial score (nSPS) is 15.3. The van der Waals surface area contributed by atoms with Gasteiger partial charge in [0.15, 0.2) is 0 Å². The first kappa shape index (κ1) is 28.0. The fraction of sp³-hybridized carbons (Fsp3) is 0.190. The van der Waals surface area contributed by atoms with Crippen molar-refractivity contribution in [1.29, 1.82) is 0 Å². The molecule has 1 aliphatic carbocycles. The molecule has 1 heterocycles. The lowest BCUT2D eigenvalue weighted by molar-refractivity contribution is 0.808. The molecule has 0 amide bonds. The molecule has 2 heteroatoms. The van der Waals surface area contributed by atoms with Gasteiger partial charge in [-0.3, -0.25) is 9.98 Å². The molecule has 1 unspecified atom stereocenters. The quantitative estimate of drug-likeness (QED) is 0.106. The maximum atomic E-state index is 4.93. The summed E-state index contributed by atoms with van der Waals surface area (Å²) < 4.78 is 0. The molecule has 0 radical (unpaired) electrons. The van der Waals surface area contributed by atoms with Gasteiger partial charge < -0.3 is 0 Å². The van der Waals surface area contributed by atoms with Crippen LogP contribution < -0.4 is 0 Å². The van der Waals surface area contributed by atoms with Gasteiger partial charge in [0.2, 0.25) is 0 Å². The SMILES string of the molecule is CCCCN=C(C)c1cccnc1-c1ccc(-c2c3ccccc3c(C3C=CC(C)=CC3)c3ccccc23)c2ccccc12. The molecular formula is C42H38N2.